The van der Waals surface area contributed by atoms with Gasteiger partial charge in [0, 0.05) is 24.9 Å². The Bertz CT molecular complexity index is 808. The number of rotatable bonds is 3. The highest BCUT2D eigenvalue weighted by Crippen LogP contribution is 2.22. The Morgan fingerprint density at radius 2 is 1.95 bits per heavy atom. The lowest BCUT2D eigenvalue weighted by Crippen LogP contribution is -2.14. The van der Waals surface area contributed by atoms with Crippen LogP contribution in [-0.4, -0.2) is 14.8 Å². The quantitative estimate of drug-likeness (QED) is 0.786. The van der Waals surface area contributed by atoms with Crippen LogP contribution in [0.1, 0.15) is 17.5 Å². The summed E-state index contributed by atoms with van der Waals surface area (Å²) in [7, 11) is 1.68. The summed E-state index contributed by atoms with van der Waals surface area (Å²) in [4.78, 5) is 11.6. The molecule has 6 nitrogen and oxygen atoms in total. The van der Waals surface area contributed by atoms with E-state index in [2.05, 4.69) is 10.2 Å². The van der Waals surface area contributed by atoms with E-state index >= 15 is 0 Å². The van der Waals surface area contributed by atoms with Gasteiger partial charge in [-0.25, -0.2) is 0 Å². The molecule has 0 bridgehead atoms. The minimum Gasteiger partial charge on any atom is -0.419 e. The molecule has 0 amide bonds. The highest BCUT2D eigenvalue weighted by Gasteiger charge is 2.17. The van der Waals surface area contributed by atoms with Crippen LogP contribution in [0, 0.1) is 0 Å². The van der Waals surface area contributed by atoms with E-state index in [0.29, 0.717) is 11.5 Å². The zero-order valence-electron chi connectivity index (χ0n) is 11.4. The lowest BCUT2D eigenvalue weighted by atomic mass is 10.1. The third kappa shape index (κ3) is 2.61. The summed E-state index contributed by atoms with van der Waals surface area (Å²) in [5.74, 6) is 0.603. The molecule has 1 atom stereocenters. The summed E-state index contributed by atoms with van der Waals surface area (Å²) in [6.45, 7) is 0. The maximum Gasteiger partial charge on any atom is 0.251 e. The summed E-state index contributed by atoms with van der Waals surface area (Å²) in [6, 6.07) is 12.2. The van der Waals surface area contributed by atoms with Gasteiger partial charge in [-0.1, -0.05) is 30.3 Å². The molecule has 1 unspecified atom stereocenters. The van der Waals surface area contributed by atoms with Crippen LogP contribution in [0.5, 0.6) is 0 Å². The molecule has 1 aromatic carbocycles. The zero-order valence-corrected chi connectivity index (χ0v) is 11.4. The fourth-order valence-electron chi connectivity index (χ4n) is 1.96. The number of hydrogen-bond donors (Lipinski definition) is 1. The molecule has 3 aromatic rings. The van der Waals surface area contributed by atoms with E-state index in [1.54, 1.807) is 19.3 Å². The molecule has 0 radical (unpaired) electrons. The van der Waals surface area contributed by atoms with E-state index < -0.39 is 6.04 Å². The van der Waals surface area contributed by atoms with Crippen LogP contribution in [0.2, 0.25) is 0 Å². The Kier molecular flexibility index (Phi) is 3.37. The maximum absolute atomic E-state index is 11.6. The molecule has 2 heterocycles. The Labute approximate surface area is 120 Å². The standard InChI is InChI=1S/C15H14N4O2/c1-19-8-7-11(9-12(19)20)14-17-18-15(21-14)13(16)10-5-3-2-4-6-10/h2-9,13H,16H2,1H3. The van der Waals surface area contributed by atoms with Crippen LogP contribution in [0.15, 0.2) is 57.9 Å². The lowest BCUT2D eigenvalue weighted by molar-refractivity contribution is 0.484. The molecule has 0 spiro atoms. The average molecular weight is 282 g/mol. The fraction of sp³-hybridized carbons (Fsp3) is 0.133. The Balaban J connectivity index is 1.93. The molecule has 6 heteroatoms. The van der Waals surface area contributed by atoms with Gasteiger partial charge in [0.1, 0.15) is 6.04 Å². The molecule has 2 N–H and O–H groups in total. The van der Waals surface area contributed by atoms with Crippen molar-refractivity contribution in [2.24, 2.45) is 12.8 Å². The van der Waals surface area contributed by atoms with Gasteiger partial charge in [0.25, 0.3) is 5.56 Å². The van der Waals surface area contributed by atoms with Gasteiger partial charge in [-0.05, 0) is 11.6 Å². The van der Waals surface area contributed by atoms with Crippen molar-refractivity contribution in [1.29, 1.82) is 0 Å². The van der Waals surface area contributed by atoms with Crippen molar-refractivity contribution in [2.45, 2.75) is 6.04 Å². The highest BCUT2D eigenvalue weighted by atomic mass is 16.4. The second-order valence-electron chi connectivity index (χ2n) is 4.70. The molecule has 21 heavy (non-hydrogen) atoms. The van der Waals surface area contributed by atoms with E-state index in [9.17, 15) is 4.79 Å². The smallest absolute Gasteiger partial charge is 0.251 e. The number of aryl methyl sites for hydroxylation is 1. The highest BCUT2D eigenvalue weighted by molar-refractivity contribution is 5.51. The molecule has 106 valence electrons. The van der Waals surface area contributed by atoms with Crippen molar-refractivity contribution in [2.75, 3.05) is 0 Å². The topological polar surface area (TPSA) is 86.9 Å². The number of benzene rings is 1. The summed E-state index contributed by atoms with van der Waals surface area (Å²) in [5.41, 5.74) is 7.43. The normalized spacial score (nSPS) is 12.3. The largest absolute Gasteiger partial charge is 0.419 e. The summed E-state index contributed by atoms with van der Waals surface area (Å²) >= 11 is 0. The monoisotopic (exact) mass is 282 g/mol. The first kappa shape index (κ1) is 13.3. The van der Waals surface area contributed by atoms with Crippen molar-refractivity contribution in [1.82, 2.24) is 14.8 Å². The van der Waals surface area contributed by atoms with Crippen LogP contribution < -0.4 is 11.3 Å². The van der Waals surface area contributed by atoms with Gasteiger partial charge in [-0.3, -0.25) is 4.79 Å². The van der Waals surface area contributed by atoms with Gasteiger partial charge in [0.2, 0.25) is 11.8 Å². The van der Waals surface area contributed by atoms with Gasteiger partial charge < -0.3 is 14.7 Å². The fourth-order valence-corrected chi connectivity index (χ4v) is 1.96. The minimum absolute atomic E-state index is 0.139. The van der Waals surface area contributed by atoms with Gasteiger partial charge in [-0.2, -0.15) is 0 Å². The maximum atomic E-state index is 11.6. The van der Waals surface area contributed by atoms with E-state index in [1.807, 2.05) is 30.3 Å². The molecule has 0 saturated carbocycles. The molecular formula is C15H14N4O2. The number of nitrogens with two attached hydrogens (primary N) is 1. The van der Waals surface area contributed by atoms with E-state index in [1.165, 1.54) is 10.6 Å². The van der Waals surface area contributed by atoms with Crippen molar-refractivity contribution in [3.8, 4) is 11.5 Å². The number of aromatic nitrogens is 3. The third-order valence-corrected chi connectivity index (χ3v) is 3.22. The van der Waals surface area contributed by atoms with Crippen LogP contribution in [-0.2, 0) is 7.05 Å². The van der Waals surface area contributed by atoms with Crippen molar-refractivity contribution < 1.29 is 4.42 Å². The van der Waals surface area contributed by atoms with E-state index in [0.717, 1.165) is 5.56 Å². The SMILES string of the molecule is Cn1ccc(-c2nnc(C(N)c3ccccc3)o2)cc1=O. The summed E-state index contributed by atoms with van der Waals surface area (Å²) < 4.78 is 7.05. The zero-order chi connectivity index (χ0) is 14.8. The Hall–Kier alpha value is -2.73. The number of pyridine rings is 1. The van der Waals surface area contributed by atoms with Gasteiger partial charge >= 0.3 is 0 Å². The van der Waals surface area contributed by atoms with Crippen molar-refractivity contribution in [3.63, 3.8) is 0 Å². The van der Waals surface area contributed by atoms with Crippen LogP contribution in [0.4, 0.5) is 0 Å². The van der Waals surface area contributed by atoms with Crippen LogP contribution in [0.3, 0.4) is 0 Å². The van der Waals surface area contributed by atoms with E-state index in [-0.39, 0.29) is 11.4 Å². The summed E-state index contributed by atoms with van der Waals surface area (Å²) in [6.07, 6.45) is 1.65. The first-order chi connectivity index (χ1) is 10.1. The number of nitrogens with zero attached hydrogens (tertiary/aromatic N) is 3. The van der Waals surface area contributed by atoms with Crippen molar-refractivity contribution >= 4 is 0 Å². The molecule has 0 aliphatic heterocycles. The molecule has 0 aliphatic carbocycles. The lowest BCUT2D eigenvalue weighted by Gasteiger charge is -2.06. The van der Waals surface area contributed by atoms with Gasteiger partial charge in [0.15, 0.2) is 0 Å². The molecular weight excluding hydrogens is 268 g/mol. The predicted molar refractivity (Wildman–Crippen MR) is 77.4 cm³/mol. The van der Waals surface area contributed by atoms with Gasteiger partial charge in [0.05, 0.1) is 0 Å². The first-order valence-electron chi connectivity index (χ1n) is 6.46. The molecule has 0 saturated heterocycles. The van der Waals surface area contributed by atoms with E-state index in [4.69, 9.17) is 10.2 Å². The Morgan fingerprint density at radius 3 is 2.67 bits per heavy atom. The second kappa shape index (κ2) is 5.34. The van der Waals surface area contributed by atoms with Gasteiger partial charge in [-0.15, -0.1) is 10.2 Å². The third-order valence-electron chi connectivity index (χ3n) is 3.22. The molecule has 0 fully saturated rings. The number of hydrogen-bond acceptors (Lipinski definition) is 5. The molecule has 3 rings (SSSR count). The minimum atomic E-state index is -0.487. The predicted octanol–water partition coefficient (Wildman–Crippen LogP) is 1.48. The first-order valence-corrected chi connectivity index (χ1v) is 6.46. The summed E-state index contributed by atoms with van der Waals surface area (Å²) in [5, 5.41) is 7.93. The molecule has 0 aliphatic rings. The Morgan fingerprint density at radius 1 is 1.19 bits per heavy atom. The van der Waals surface area contributed by atoms with Crippen LogP contribution in [0.25, 0.3) is 11.5 Å². The van der Waals surface area contributed by atoms with Crippen molar-refractivity contribution in [3.05, 3.63) is 70.5 Å². The second-order valence-corrected chi connectivity index (χ2v) is 4.70. The average Bonchev–Trinajstić information content (AvgIpc) is 3.00. The molecule has 2 aromatic heterocycles. The van der Waals surface area contributed by atoms with Crippen LogP contribution >= 0.6 is 0 Å².